The van der Waals surface area contributed by atoms with Crippen molar-refractivity contribution in [3.63, 3.8) is 0 Å². The third-order valence-electron chi connectivity index (χ3n) is 2.25. The van der Waals surface area contributed by atoms with E-state index in [0.29, 0.717) is 24.5 Å². The summed E-state index contributed by atoms with van der Waals surface area (Å²) in [4.78, 5) is 14.9. The minimum Gasteiger partial charge on any atom is -0.383 e. The van der Waals surface area contributed by atoms with Crippen molar-refractivity contribution in [3.05, 3.63) is 23.9 Å². The second-order valence-electron chi connectivity index (χ2n) is 3.73. The number of methoxy groups -OCH3 is 1. The van der Waals surface area contributed by atoms with Crippen LogP contribution in [0, 0.1) is 0 Å². The van der Waals surface area contributed by atoms with Crippen molar-refractivity contribution in [2.24, 2.45) is 11.5 Å². The quantitative estimate of drug-likeness (QED) is 0.618. The molecule has 1 atom stereocenters. The van der Waals surface area contributed by atoms with Gasteiger partial charge in [-0.2, -0.15) is 0 Å². The summed E-state index contributed by atoms with van der Waals surface area (Å²) in [6.45, 7) is 1.24. The normalized spacial score (nSPS) is 12.1. The summed E-state index contributed by atoms with van der Waals surface area (Å²) in [5.41, 5.74) is 11.3. The molecule has 0 spiro atoms. The van der Waals surface area contributed by atoms with E-state index in [1.165, 1.54) is 6.20 Å². The Kier molecular flexibility index (Phi) is 5.38. The number of nitrogens with zero attached hydrogens (tertiary/aromatic N) is 1. The number of hydrogen-bond donors (Lipinski definition) is 3. The first-order chi connectivity index (χ1) is 8.13. The molecule has 0 saturated heterocycles. The van der Waals surface area contributed by atoms with Crippen molar-refractivity contribution in [3.8, 4) is 0 Å². The predicted molar refractivity (Wildman–Crippen MR) is 65.7 cm³/mol. The van der Waals surface area contributed by atoms with Crippen LogP contribution in [0.15, 0.2) is 18.3 Å². The van der Waals surface area contributed by atoms with Gasteiger partial charge in [0.2, 0.25) is 5.91 Å². The third-order valence-corrected chi connectivity index (χ3v) is 2.25. The van der Waals surface area contributed by atoms with E-state index in [1.54, 1.807) is 19.2 Å². The molecule has 0 aromatic carbocycles. The number of nitrogens with two attached hydrogens (primary N) is 2. The van der Waals surface area contributed by atoms with Crippen LogP contribution in [0.4, 0.5) is 5.82 Å². The highest BCUT2D eigenvalue weighted by Crippen LogP contribution is 2.04. The fraction of sp³-hybridized carbons (Fsp3) is 0.455. The summed E-state index contributed by atoms with van der Waals surface area (Å²) in [5, 5.41) is 3.10. The number of primary amides is 1. The molecule has 0 saturated carbocycles. The van der Waals surface area contributed by atoms with Gasteiger partial charge in [0.05, 0.1) is 12.2 Å². The van der Waals surface area contributed by atoms with Gasteiger partial charge in [0, 0.05) is 25.9 Å². The van der Waals surface area contributed by atoms with Crippen LogP contribution in [0.2, 0.25) is 0 Å². The van der Waals surface area contributed by atoms with Gasteiger partial charge in [-0.05, 0) is 18.6 Å². The molecule has 0 bridgehead atoms. The minimum atomic E-state index is -0.480. The summed E-state index contributed by atoms with van der Waals surface area (Å²) in [5.74, 6) is 0.214. The number of aromatic nitrogens is 1. The lowest BCUT2D eigenvalue weighted by Crippen LogP contribution is -2.28. The number of rotatable bonds is 7. The molecule has 1 amide bonds. The highest BCUT2D eigenvalue weighted by Gasteiger charge is 2.03. The van der Waals surface area contributed by atoms with E-state index in [2.05, 4.69) is 10.3 Å². The molecule has 0 aliphatic rings. The first kappa shape index (κ1) is 13.4. The number of anilines is 1. The van der Waals surface area contributed by atoms with E-state index < -0.39 is 5.91 Å². The number of amides is 1. The van der Waals surface area contributed by atoms with Crippen LogP contribution >= 0.6 is 0 Å². The zero-order valence-corrected chi connectivity index (χ0v) is 9.85. The molecule has 1 unspecified atom stereocenters. The van der Waals surface area contributed by atoms with E-state index in [-0.39, 0.29) is 6.04 Å². The smallest absolute Gasteiger partial charge is 0.250 e. The Labute approximate surface area is 100 Å². The molecule has 6 heteroatoms. The maximum Gasteiger partial charge on any atom is 0.250 e. The van der Waals surface area contributed by atoms with Gasteiger partial charge in [0.25, 0.3) is 0 Å². The molecule has 0 aliphatic carbocycles. The van der Waals surface area contributed by atoms with Crippen molar-refractivity contribution < 1.29 is 9.53 Å². The molecule has 94 valence electrons. The number of carbonyl (C=O) groups excluding carboxylic acids is 1. The lowest BCUT2D eigenvalue weighted by atomic mass is 10.2. The van der Waals surface area contributed by atoms with E-state index in [9.17, 15) is 4.79 Å². The summed E-state index contributed by atoms with van der Waals surface area (Å²) in [6, 6.07) is 3.35. The summed E-state index contributed by atoms with van der Waals surface area (Å²) < 4.78 is 4.93. The standard InChI is InChI=1S/C11H18N4O2/c1-17-7-9(12)4-5-14-10-3-2-8(6-15-10)11(13)16/h2-3,6,9H,4-5,7,12H2,1H3,(H2,13,16)(H,14,15). The lowest BCUT2D eigenvalue weighted by molar-refractivity contribution is 0.1000. The molecule has 1 heterocycles. The first-order valence-electron chi connectivity index (χ1n) is 5.37. The van der Waals surface area contributed by atoms with Gasteiger partial charge in [-0.25, -0.2) is 4.98 Å². The Morgan fingerprint density at radius 2 is 2.35 bits per heavy atom. The topological polar surface area (TPSA) is 103 Å². The molecule has 0 fully saturated rings. The van der Waals surface area contributed by atoms with E-state index >= 15 is 0 Å². The monoisotopic (exact) mass is 238 g/mol. The van der Waals surface area contributed by atoms with Crippen molar-refractivity contribution >= 4 is 11.7 Å². The van der Waals surface area contributed by atoms with Crippen LogP contribution in [0.1, 0.15) is 16.8 Å². The summed E-state index contributed by atoms with van der Waals surface area (Å²) in [7, 11) is 1.62. The maximum absolute atomic E-state index is 10.8. The van der Waals surface area contributed by atoms with Crippen LogP contribution in [0.5, 0.6) is 0 Å². The number of nitrogens with one attached hydrogen (secondary N) is 1. The van der Waals surface area contributed by atoms with Crippen molar-refractivity contribution in [1.82, 2.24) is 4.98 Å². The van der Waals surface area contributed by atoms with Crippen LogP contribution in [-0.2, 0) is 4.74 Å². The molecule has 17 heavy (non-hydrogen) atoms. The Balaban J connectivity index is 2.34. The SMILES string of the molecule is COCC(N)CCNc1ccc(C(N)=O)cn1. The molecular weight excluding hydrogens is 220 g/mol. The Bertz CT molecular complexity index is 353. The Morgan fingerprint density at radius 3 is 2.88 bits per heavy atom. The number of carbonyl (C=O) groups is 1. The van der Waals surface area contributed by atoms with Crippen LogP contribution in [0.25, 0.3) is 0 Å². The first-order valence-corrected chi connectivity index (χ1v) is 5.37. The summed E-state index contributed by atoms with van der Waals surface area (Å²) in [6.07, 6.45) is 2.23. The van der Waals surface area contributed by atoms with Gasteiger partial charge in [-0.15, -0.1) is 0 Å². The van der Waals surface area contributed by atoms with Gasteiger partial charge in [-0.3, -0.25) is 4.79 Å². The van der Waals surface area contributed by atoms with Gasteiger partial charge < -0.3 is 21.5 Å². The molecule has 1 rings (SSSR count). The fourth-order valence-corrected chi connectivity index (χ4v) is 1.33. The lowest BCUT2D eigenvalue weighted by Gasteiger charge is -2.11. The Hall–Kier alpha value is -1.66. The van der Waals surface area contributed by atoms with Crippen molar-refractivity contribution in [2.75, 3.05) is 25.6 Å². The van der Waals surface area contributed by atoms with Gasteiger partial charge in [0.15, 0.2) is 0 Å². The van der Waals surface area contributed by atoms with Crippen LogP contribution < -0.4 is 16.8 Å². The highest BCUT2D eigenvalue weighted by molar-refractivity contribution is 5.92. The minimum absolute atomic E-state index is 0.0115. The van der Waals surface area contributed by atoms with E-state index in [1.807, 2.05) is 0 Å². The zero-order chi connectivity index (χ0) is 12.7. The van der Waals surface area contributed by atoms with Crippen LogP contribution in [0.3, 0.4) is 0 Å². The van der Waals surface area contributed by atoms with E-state index in [0.717, 1.165) is 6.42 Å². The molecule has 1 aromatic rings. The average Bonchev–Trinajstić information content (AvgIpc) is 2.30. The van der Waals surface area contributed by atoms with Crippen molar-refractivity contribution in [2.45, 2.75) is 12.5 Å². The molecule has 0 aliphatic heterocycles. The maximum atomic E-state index is 10.8. The Morgan fingerprint density at radius 1 is 1.59 bits per heavy atom. The number of hydrogen-bond acceptors (Lipinski definition) is 5. The number of ether oxygens (including phenoxy) is 1. The zero-order valence-electron chi connectivity index (χ0n) is 9.85. The molecule has 6 nitrogen and oxygen atoms in total. The second kappa shape index (κ2) is 6.82. The fourth-order valence-electron chi connectivity index (χ4n) is 1.33. The van der Waals surface area contributed by atoms with E-state index in [4.69, 9.17) is 16.2 Å². The molecular formula is C11H18N4O2. The number of pyridine rings is 1. The summed E-state index contributed by atoms with van der Waals surface area (Å²) >= 11 is 0. The average molecular weight is 238 g/mol. The largest absolute Gasteiger partial charge is 0.383 e. The predicted octanol–water partition coefficient (Wildman–Crippen LogP) is -0.0438. The van der Waals surface area contributed by atoms with Gasteiger partial charge in [0.1, 0.15) is 5.82 Å². The molecule has 5 N–H and O–H groups in total. The molecule has 1 aromatic heterocycles. The highest BCUT2D eigenvalue weighted by atomic mass is 16.5. The van der Waals surface area contributed by atoms with Crippen molar-refractivity contribution in [1.29, 1.82) is 0 Å². The third kappa shape index (κ3) is 4.80. The second-order valence-corrected chi connectivity index (χ2v) is 3.73. The van der Waals surface area contributed by atoms with Crippen LogP contribution in [-0.4, -0.2) is 37.2 Å². The van der Waals surface area contributed by atoms with Gasteiger partial charge >= 0.3 is 0 Å². The van der Waals surface area contributed by atoms with Gasteiger partial charge in [-0.1, -0.05) is 0 Å². The molecule has 0 radical (unpaired) electrons.